The molecule has 3 amide bonds. The highest BCUT2D eigenvalue weighted by Gasteiger charge is 2.21. The van der Waals surface area contributed by atoms with Crippen LogP contribution in [0.15, 0.2) is 48.5 Å². The van der Waals surface area contributed by atoms with Crippen molar-refractivity contribution in [2.24, 2.45) is 0 Å². The summed E-state index contributed by atoms with van der Waals surface area (Å²) < 4.78 is 5.18. The molecule has 0 radical (unpaired) electrons. The fourth-order valence-electron chi connectivity index (χ4n) is 4.00. The fraction of sp³-hybridized carbons (Fsp3) is 0.462. The summed E-state index contributed by atoms with van der Waals surface area (Å²) >= 11 is 0. The Morgan fingerprint density at radius 3 is 2.27 bits per heavy atom. The molecule has 0 unspecified atom stereocenters. The van der Waals surface area contributed by atoms with E-state index in [1.54, 1.807) is 13.2 Å². The number of methoxy groups -OCH3 is 1. The third-order valence-electron chi connectivity index (χ3n) is 5.94. The van der Waals surface area contributed by atoms with Crippen LogP contribution in [0.25, 0.3) is 0 Å². The average Bonchev–Trinajstić information content (AvgIpc) is 2.84. The molecule has 7 nitrogen and oxygen atoms in total. The summed E-state index contributed by atoms with van der Waals surface area (Å²) in [6, 6.07) is 14.7. The molecule has 0 aromatic heterocycles. The number of benzene rings is 2. The molecule has 178 valence electrons. The number of hydrogen-bond acceptors (Lipinski definition) is 4. The molecule has 2 N–H and O–H groups in total. The van der Waals surface area contributed by atoms with Crippen LogP contribution in [-0.2, 0) is 4.79 Å². The predicted molar refractivity (Wildman–Crippen MR) is 134 cm³/mol. The van der Waals surface area contributed by atoms with Gasteiger partial charge >= 0.3 is 6.03 Å². The lowest BCUT2D eigenvalue weighted by Gasteiger charge is -2.36. The van der Waals surface area contributed by atoms with Crippen LogP contribution in [0, 0.1) is 0 Å². The van der Waals surface area contributed by atoms with Gasteiger partial charge in [-0.05, 0) is 42.8 Å². The van der Waals surface area contributed by atoms with Crippen LogP contribution in [-0.4, -0.2) is 50.1 Å². The van der Waals surface area contributed by atoms with E-state index in [2.05, 4.69) is 22.5 Å². The first-order chi connectivity index (χ1) is 16.1. The summed E-state index contributed by atoms with van der Waals surface area (Å²) in [6.45, 7) is 5.37. The molecule has 0 aliphatic carbocycles. The van der Waals surface area contributed by atoms with Crippen molar-refractivity contribution in [1.29, 1.82) is 0 Å². The average molecular weight is 453 g/mol. The van der Waals surface area contributed by atoms with Crippen molar-refractivity contribution in [3.8, 4) is 5.75 Å². The Morgan fingerprint density at radius 1 is 0.879 bits per heavy atom. The van der Waals surface area contributed by atoms with Gasteiger partial charge in [-0.15, -0.1) is 0 Å². The fourth-order valence-corrected chi connectivity index (χ4v) is 4.00. The summed E-state index contributed by atoms with van der Waals surface area (Å²) in [5, 5.41) is 5.65. The smallest absolute Gasteiger partial charge is 0.323 e. The van der Waals surface area contributed by atoms with Crippen LogP contribution >= 0.6 is 0 Å². The lowest BCUT2D eigenvalue weighted by molar-refractivity contribution is -0.131. The van der Waals surface area contributed by atoms with Gasteiger partial charge in [-0.1, -0.05) is 38.7 Å². The Balaban J connectivity index is 1.42. The predicted octanol–water partition coefficient (Wildman–Crippen LogP) is 5.35. The van der Waals surface area contributed by atoms with Gasteiger partial charge in [-0.3, -0.25) is 4.79 Å². The van der Waals surface area contributed by atoms with E-state index in [4.69, 9.17) is 4.74 Å². The highest BCUT2D eigenvalue weighted by Crippen LogP contribution is 2.21. The number of amides is 3. The number of hydrogen-bond donors (Lipinski definition) is 2. The molecule has 0 spiro atoms. The monoisotopic (exact) mass is 452 g/mol. The van der Waals surface area contributed by atoms with E-state index in [0.717, 1.165) is 50.4 Å². The van der Waals surface area contributed by atoms with Crippen molar-refractivity contribution in [2.75, 3.05) is 48.8 Å². The maximum absolute atomic E-state index is 12.4. The van der Waals surface area contributed by atoms with E-state index in [1.807, 2.05) is 47.4 Å². The van der Waals surface area contributed by atoms with Crippen LogP contribution in [0.1, 0.15) is 45.4 Å². The second-order valence-corrected chi connectivity index (χ2v) is 8.39. The maximum Gasteiger partial charge on any atom is 0.323 e. The molecule has 2 aromatic rings. The standard InChI is InChI=1S/C26H36N4O3/c1-3-4-5-6-7-11-25(31)30-18-16-29(17-19-30)23-14-12-21(13-15-23)27-26(32)28-22-9-8-10-24(20-22)33-2/h8-10,12-15,20H,3-7,11,16-19H2,1-2H3,(H2,27,28,32). The Kier molecular flexibility index (Phi) is 9.42. The normalized spacial score (nSPS) is 13.5. The van der Waals surface area contributed by atoms with Crippen LogP contribution in [0.5, 0.6) is 5.75 Å². The second kappa shape index (κ2) is 12.7. The highest BCUT2D eigenvalue weighted by molar-refractivity contribution is 5.99. The van der Waals surface area contributed by atoms with Gasteiger partial charge in [0.1, 0.15) is 5.75 Å². The van der Waals surface area contributed by atoms with Gasteiger partial charge in [0, 0.05) is 55.7 Å². The third kappa shape index (κ3) is 7.70. The summed E-state index contributed by atoms with van der Waals surface area (Å²) in [5.74, 6) is 0.971. The molecule has 0 bridgehead atoms. The number of rotatable bonds is 10. The molecule has 0 saturated carbocycles. The molecule has 3 rings (SSSR count). The van der Waals surface area contributed by atoms with Crippen molar-refractivity contribution in [1.82, 2.24) is 4.90 Å². The van der Waals surface area contributed by atoms with Gasteiger partial charge in [-0.2, -0.15) is 0 Å². The van der Waals surface area contributed by atoms with Crippen LogP contribution in [0.3, 0.4) is 0 Å². The van der Waals surface area contributed by atoms with E-state index >= 15 is 0 Å². The zero-order valence-electron chi connectivity index (χ0n) is 19.8. The van der Waals surface area contributed by atoms with Gasteiger partial charge in [0.05, 0.1) is 7.11 Å². The van der Waals surface area contributed by atoms with Gasteiger partial charge in [0.25, 0.3) is 0 Å². The Morgan fingerprint density at radius 2 is 1.58 bits per heavy atom. The molecule has 7 heteroatoms. The quantitative estimate of drug-likeness (QED) is 0.477. The lowest BCUT2D eigenvalue weighted by atomic mass is 10.1. The van der Waals surface area contributed by atoms with Gasteiger partial charge < -0.3 is 25.2 Å². The first-order valence-electron chi connectivity index (χ1n) is 11.9. The highest BCUT2D eigenvalue weighted by atomic mass is 16.5. The summed E-state index contributed by atoms with van der Waals surface area (Å²) in [7, 11) is 1.59. The zero-order valence-corrected chi connectivity index (χ0v) is 19.8. The van der Waals surface area contributed by atoms with Crippen LogP contribution < -0.4 is 20.3 Å². The molecule has 1 heterocycles. The first kappa shape index (κ1) is 24.4. The molecule has 33 heavy (non-hydrogen) atoms. The maximum atomic E-state index is 12.4. The number of carbonyl (C=O) groups is 2. The minimum atomic E-state index is -0.308. The number of ether oxygens (including phenoxy) is 1. The van der Waals surface area contributed by atoms with Crippen molar-refractivity contribution in [3.63, 3.8) is 0 Å². The van der Waals surface area contributed by atoms with Gasteiger partial charge in [0.15, 0.2) is 0 Å². The van der Waals surface area contributed by atoms with Gasteiger partial charge in [-0.25, -0.2) is 4.79 Å². The minimum Gasteiger partial charge on any atom is -0.497 e. The Labute approximate surface area is 197 Å². The largest absolute Gasteiger partial charge is 0.497 e. The van der Waals surface area contributed by atoms with Crippen molar-refractivity contribution < 1.29 is 14.3 Å². The Hall–Kier alpha value is -3.22. The number of anilines is 3. The van der Waals surface area contributed by atoms with E-state index in [-0.39, 0.29) is 11.9 Å². The third-order valence-corrected chi connectivity index (χ3v) is 5.94. The molecule has 1 aliphatic heterocycles. The van der Waals surface area contributed by atoms with E-state index in [0.29, 0.717) is 17.9 Å². The van der Waals surface area contributed by atoms with Crippen molar-refractivity contribution in [2.45, 2.75) is 45.4 Å². The van der Waals surface area contributed by atoms with E-state index in [9.17, 15) is 9.59 Å². The number of urea groups is 1. The zero-order chi connectivity index (χ0) is 23.5. The molecule has 1 fully saturated rings. The Bertz CT molecular complexity index is 893. The number of nitrogens with zero attached hydrogens (tertiary/aromatic N) is 2. The SMILES string of the molecule is CCCCCCCC(=O)N1CCN(c2ccc(NC(=O)Nc3cccc(OC)c3)cc2)CC1. The molecular weight excluding hydrogens is 416 g/mol. The molecule has 0 atom stereocenters. The summed E-state index contributed by atoms with van der Waals surface area (Å²) in [6.07, 6.45) is 6.53. The van der Waals surface area contributed by atoms with Crippen molar-refractivity contribution in [3.05, 3.63) is 48.5 Å². The molecule has 2 aromatic carbocycles. The second-order valence-electron chi connectivity index (χ2n) is 8.39. The molecule has 1 aliphatic rings. The summed E-state index contributed by atoms with van der Waals surface area (Å²) in [5.41, 5.74) is 2.48. The molecule has 1 saturated heterocycles. The number of nitrogens with one attached hydrogen (secondary N) is 2. The number of piperazine rings is 1. The van der Waals surface area contributed by atoms with Gasteiger partial charge in [0.2, 0.25) is 5.91 Å². The number of carbonyl (C=O) groups excluding carboxylic acids is 2. The van der Waals surface area contributed by atoms with Crippen molar-refractivity contribution >= 4 is 29.0 Å². The van der Waals surface area contributed by atoms with Crippen LogP contribution in [0.4, 0.5) is 21.9 Å². The topological polar surface area (TPSA) is 73.9 Å². The first-order valence-corrected chi connectivity index (χ1v) is 11.9. The van der Waals surface area contributed by atoms with Crippen LogP contribution in [0.2, 0.25) is 0 Å². The summed E-state index contributed by atoms with van der Waals surface area (Å²) in [4.78, 5) is 29.0. The van der Waals surface area contributed by atoms with E-state index < -0.39 is 0 Å². The number of unbranched alkanes of at least 4 members (excludes halogenated alkanes) is 4. The molecular formula is C26H36N4O3. The lowest BCUT2D eigenvalue weighted by Crippen LogP contribution is -2.48. The van der Waals surface area contributed by atoms with E-state index in [1.165, 1.54) is 19.3 Å². The minimum absolute atomic E-state index is 0.285.